The largest absolute Gasteiger partial charge is 0.493 e. The Kier molecular flexibility index (Phi) is 7.70. The topological polar surface area (TPSA) is 30.5 Å². The molecule has 0 spiro atoms. The smallest absolute Gasteiger partial charge is 0.180 e. The Bertz CT molecular complexity index is 722. The number of benzene rings is 2. The van der Waals surface area contributed by atoms with Gasteiger partial charge in [-0.2, -0.15) is 0 Å². The first-order chi connectivity index (χ1) is 11.9. The fraction of sp³-hybridized carbons (Fsp3) is 0.368. The molecule has 136 valence electrons. The maximum Gasteiger partial charge on any atom is 0.180 e. The predicted molar refractivity (Wildman–Crippen MR) is 105 cm³/mol. The Morgan fingerprint density at radius 3 is 2.36 bits per heavy atom. The first-order valence-electron chi connectivity index (χ1n) is 8.11. The molecule has 2 rings (SSSR count). The summed E-state index contributed by atoms with van der Waals surface area (Å²) < 4.78 is 11.3. The van der Waals surface area contributed by atoms with Gasteiger partial charge in [0.2, 0.25) is 0 Å². The van der Waals surface area contributed by atoms with Gasteiger partial charge in [-0.15, -0.1) is 0 Å². The van der Waals surface area contributed by atoms with Gasteiger partial charge in [0.05, 0.1) is 22.2 Å². The van der Waals surface area contributed by atoms with Crippen LogP contribution in [0.2, 0.25) is 15.1 Å². The highest BCUT2D eigenvalue weighted by Gasteiger charge is 2.13. The van der Waals surface area contributed by atoms with Gasteiger partial charge >= 0.3 is 0 Å². The summed E-state index contributed by atoms with van der Waals surface area (Å²) in [6, 6.07) is 9.64. The molecule has 6 heteroatoms. The first kappa shape index (κ1) is 20.2. The van der Waals surface area contributed by atoms with Crippen LogP contribution < -0.4 is 14.8 Å². The van der Waals surface area contributed by atoms with Crippen LogP contribution in [0.3, 0.4) is 0 Å². The van der Waals surface area contributed by atoms with Crippen molar-refractivity contribution in [3.05, 3.63) is 56.5 Å². The molecule has 0 aromatic heterocycles. The Morgan fingerprint density at radius 1 is 1.00 bits per heavy atom. The molecular weight excluding hydrogens is 381 g/mol. The van der Waals surface area contributed by atoms with Crippen molar-refractivity contribution in [2.45, 2.75) is 39.5 Å². The van der Waals surface area contributed by atoms with E-state index < -0.39 is 0 Å². The highest BCUT2D eigenvalue weighted by Crippen LogP contribution is 2.37. The summed E-state index contributed by atoms with van der Waals surface area (Å²) in [6.07, 6.45) is 1.07. The number of halogens is 3. The minimum Gasteiger partial charge on any atom is -0.493 e. The summed E-state index contributed by atoms with van der Waals surface area (Å²) in [5.74, 6) is 1.12. The third kappa shape index (κ3) is 5.68. The maximum absolute atomic E-state index is 6.41. The number of ether oxygens (including phenoxy) is 2. The van der Waals surface area contributed by atoms with Gasteiger partial charge in [-0.05, 0) is 48.7 Å². The quantitative estimate of drug-likeness (QED) is 0.576. The van der Waals surface area contributed by atoms with E-state index in [2.05, 4.69) is 19.2 Å². The molecule has 0 heterocycles. The zero-order valence-corrected chi connectivity index (χ0v) is 16.8. The zero-order valence-electron chi connectivity index (χ0n) is 14.5. The van der Waals surface area contributed by atoms with E-state index in [4.69, 9.17) is 44.3 Å². The standard InChI is InChI=1S/C19H22Cl3NO2/c1-4-12(2)23-10-14-8-17(22)19(18(9-14)24-3)25-11-13-5-6-15(20)16(21)7-13/h5-9,12,23H,4,10-11H2,1-3H3/t12-/m0/s1. The van der Waals surface area contributed by atoms with Crippen LogP contribution in [0, 0.1) is 0 Å². The molecule has 0 saturated heterocycles. The van der Waals surface area contributed by atoms with Crippen LogP contribution in [0.5, 0.6) is 11.5 Å². The maximum atomic E-state index is 6.41. The molecule has 2 aromatic rings. The third-order valence-electron chi connectivity index (χ3n) is 3.92. The molecular formula is C19H22Cl3NO2. The monoisotopic (exact) mass is 401 g/mol. The van der Waals surface area contributed by atoms with E-state index in [1.165, 1.54) is 0 Å². The van der Waals surface area contributed by atoms with Crippen LogP contribution in [0.15, 0.2) is 30.3 Å². The van der Waals surface area contributed by atoms with Crippen molar-refractivity contribution in [3.8, 4) is 11.5 Å². The van der Waals surface area contributed by atoms with E-state index in [1.54, 1.807) is 19.2 Å². The predicted octanol–water partition coefficient (Wildman–Crippen LogP) is 6.12. The van der Waals surface area contributed by atoms with E-state index >= 15 is 0 Å². The highest BCUT2D eigenvalue weighted by atomic mass is 35.5. The van der Waals surface area contributed by atoms with Crippen LogP contribution in [0.1, 0.15) is 31.4 Å². The van der Waals surface area contributed by atoms with Crippen molar-refractivity contribution in [2.75, 3.05) is 7.11 Å². The summed E-state index contributed by atoms with van der Waals surface area (Å²) in [5, 5.41) is 4.95. The lowest BCUT2D eigenvalue weighted by molar-refractivity contribution is 0.284. The highest BCUT2D eigenvalue weighted by molar-refractivity contribution is 6.42. The minimum atomic E-state index is 0.317. The molecule has 2 aromatic carbocycles. The molecule has 0 radical (unpaired) electrons. The molecule has 0 amide bonds. The average Bonchev–Trinajstić information content (AvgIpc) is 2.61. The fourth-order valence-corrected chi connectivity index (χ4v) is 2.85. The van der Waals surface area contributed by atoms with Crippen molar-refractivity contribution in [2.24, 2.45) is 0 Å². The van der Waals surface area contributed by atoms with Crippen LogP contribution in [-0.4, -0.2) is 13.2 Å². The summed E-state index contributed by atoms with van der Waals surface area (Å²) in [4.78, 5) is 0. The third-order valence-corrected chi connectivity index (χ3v) is 4.94. The number of hydrogen-bond acceptors (Lipinski definition) is 3. The SMILES string of the molecule is CC[C@H](C)NCc1cc(Cl)c(OCc2ccc(Cl)c(Cl)c2)c(OC)c1. The Hall–Kier alpha value is -1.13. The van der Waals surface area contributed by atoms with Crippen molar-refractivity contribution in [3.63, 3.8) is 0 Å². The number of rotatable bonds is 8. The molecule has 0 saturated carbocycles. The Morgan fingerprint density at radius 2 is 1.72 bits per heavy atom. The second kappa shape index (κ2) is 9.54. The molecule has 0 bridgehead atoms. The van der Waals surface area contributed by atoms with Crippen molar-refractivity contribution >= 4 is 34.8 Å². The van der Waals surface area contributed by atoms with E-state index in [-0.39, 0.29) is 0 Å². The Labute approximate surface area is 164 Å². The van der Waals surface area contributed by atoms with Crippen molar-refractivity contribution < 1.29 is 9.47 Å². The fourth-order valence-electron chi connectivity index (χ4n) is 2.24. The lowest BCUT2D eigenvalue weighted by atomic mass is 10.1. The van der Waals surface area contributed by atoms with Gasteiger partial charge < -0.3 is 14.8 Å². The number of methoxy groups -OCH3 is 1. The Balaban J connectivity index is 2.12. The molecule has 0 aliphatic rings. The molecule has 1 atom stereocenters. The van der Waals surface area contributed by atoms with Gasteiger partial charge in [0.25, 0.3) is 0 Å². The summed E-state index contributed by atoms with van der Waals surface area (Å²) in [7, 11) is 1.60. The lowest BCUT2D eigenvalue weighted by Crippen LogP contribution is -2.24. The van der Waals surface area contributed by atoms with E-state index in [0.29, 0.717) is 39.2 Å². The van der Waals surface area contributed by atoms with Gasteiger partial charge in [0.15, 0.2) is 11.5 Å². The molecule has 3 nitrogen and oxygen atoms in total. The van der Waals surface area contributed by atoms with Gasteiger partial charge in [-0.25, -0.2) is 0 Å². The van der Waals surface area contributed by atoms with Gasteiger partial charge in [-0.1, -0.05) is 47.8 Å². The van der Waals surface area contributed by atoms with Crippen molar-refractivity contribution in [1.82, 2.24) is 5.32 Å². The van der Waals surface area contributed by atoms with Crippen molar-refractivity contribution in [1.29, 1.82) is 0 Å². The first-order valence-corrected chi connectivity index (χ1v) is 9.24. The second-order valence-electron chi connectivity index (χ2n) is 5.84. The van der Waals surface area contributed by atoms with E-state index in [1.807, 2.05) is 18.2 Å². The molecule has 25 heavy (non-hydrogen) atoms. The number of nitrogens with one attached hydrogen (secondary N) is 1. The van der Waals surface area contributed by atoms with Crippen LogP contribution in [0.25, 0.3) is 0 Å². The minimum absolute atomic E-state index is 0.317. The van der Waals surface area contributed by atoms with Crippen LogP contribution >= 0.6 is 34.8 Å². The molecule has 0 fully saturated rings. The molecule has 0 aliphatic heterocycles. The molecule has 1 N–H and O–H groups in total. The second-order valence-corrected chi connectivity index (χ2v) is 7.06. The average molecular weight is 403 g/mol. The van der Waals surface area contributed by atoms with Crippen LogP contribution in [0.4, 0.5) is 0 Å². The summed E-state index contributed by atoms with van der Waals surface area (Å²) in [5.41, 5.74) is 1.94. The van der Waals surface area contributed by atoms with E-state index in [0.717, 1.165) is 24.1 Å². The lowest BCUT2D eigenvalue weighted by Gasteiger charge is -2.16. The van der Waals surface area contributed by atoms with Gasteiger partial charge in [0, 0.05) is 12.6 Å². The van der Waals surface area contributed by atoms with Crippen LogP contribution in [-0.2, 0) is 13.2 Å². The summed E-state index contributed by atoms with van der Waals surface area (Å²) >= 11 is 18.4. The zero-order chi connectivity index (χ0) is 18.4. The summed E-state index contributed by atoms with van der Waals surface area (Å²) in [6.45, 7) is 5.33. The van der Waals surface area contributed by atoms with Gasteiger partial charge in [-0.3, -0.25) is 0 Å². The molecule has 0 unspecified atom stereocenters. The van der Waals surface area contributed by atoms with Gasteiger partial charge in [0.1, 0.15) is 6.61 Å². The number of hydrogen-bond donors (Lipinski definition) is 1. The van der Waals surface area contributed by atoms with E-state index in [9.17, 15) is 0 Å². The normalized spacial score (nSPS) is 12.1. The molecule has 0 aliphatic carbocycles.